The Morgan fingerprint density at radius 3 is 2.50 bits per heavy atom. The lowest BCUT2D eigenvalue weighted by atomic mass is 9.89. The van der Waals surface area contributed by atoms with Gasteiger partial charge in [0.15, 0.2) is 0 Å². The van der Waals surface area contributed by atoms with Gasteiger partial charge in [0.1, 0.15) is 15.6 Å². The third kappa shape index (κ3) is 3.83. The molecule has 6 heteroatoms. The summed E-state index contributed by atoms with van der Waals surface area (Å²) < 4.78 is 35.9. The molecule has 1 aliphatic carbocycles. The van der Waals surface area contributed by atoms with Crippen LogP contribution in [0.2, 0.25) is 0 Å². The first-order valence-electron chi connectivity index (χ1n) is 10.9. The van der Waals surface area contributed by atoms with E-state index in [1.165, 1.54) is 24.8 Å². The first-order chi connectivity index (χ1) is 13.5. The lowest BCUT2D eigenvalue weighted by Crippen LogP contribution is -2.54. The quantitative estimate of drug-likeness (QED) is 0.772. The van der Waals surface area contributed by atoms with Crippen molar-refractivity contribution in [2.75, 3.05) is 24.6 Å². The minimum absolute atomic E-state index is 0.342. The molecule has 1 saturated carbocycles. The molecule has 0 N–H and O–H groups in total. The predicted molar refractivity (Wildman–Crippen MR) is 108 cm³/mol. The van der Waals surface area contributed by atoms with Gasteiger partial charge in [-0.2, -0.15) is 0 Å². The molecule has 1 spiro atoms. The Morgan fingerprint density at radius 1 is 1.07 bits per heavy atom. The molecule has 0 aromatic heterocycles. The van der Waals surface area contributed by atoms with Crippen molar-refractivity contribution >= 4 is 9.84 Å². The van der Waals surface area contributed by atoms with Crippen molar-refractivity contribution in [3.05, 3.63) is 29.3 Å². The van der Waals surface area contributed by atoms with Gasteiger partial charge in [0.05, 0.1) is 18.1 Å². The first-order valence-corrected chi connectivity index (χ1v) is 12.7. The number of fused-ring (bicyclic) bond motifs is 1. The summed E-state index contributed by atoms with van der Waals surface area (Å²) >= 11 is 0. The number of rotatable bonds is 3. The number of benzene rings is 1. The van der Waals surface area contributed by atoms with E-state index < -0.39 is 15.6 Å². The molecule has 3 heterocycles. The van der Waals surface area contributed by atoms with Gasteiger partial charge in [-0.25, -0.2) is 8.42 Å². The van der Waals surface area contributed by atoms with Crippen molar-refractivity contribution in [3.63, 3.8) is 0 Å². The highest BCUT2D eigenvalue weighted by Gasteiger charge is 2.42. The van der Waals surface area contributed by atoms with Gasteiger partial charge < -0.3 is 9.47 Å². The molecule has 0 amide bonds. The molecule has 0 bridgehead atoms. The predicted octanol–water partition coefficient (Wildman–Crippen LogP) is 3.31. The van der Waals surface area contributed by atoms with Gasteiger partial charge in [0.2, 0.25) is 5.79 Å². The Labute approximate surface area is 168 Å². The zero-order valence-electron chi connectivity index (χ0n) is 16.6. The average molecular weight is 406 g/mol. The van der Waals surface area contributed by atoms with Crippen LogP contribution in [0.5, 0.6) is 5.75 Å². The van der Waals surface area contributed by atoms with Crippen molar-refractivity contribution in [1.29, 1.82) is 0 Å². The molecule has 5 nitrogen and oxygen atoms in total. The number of nitrogens with zero attached hydrogens (tertiary/aromatic N) is 1. The SMILES string of the molecule is O=S1(=O)CCC(Cc2ccc3c(c2)COC2(CCN(C4CCC4)CC2)O3)CC1. The third-order valence-corrected chi connectivity index (χ3v) is 8.98. The Kier molecular flexibility index (Phi) is 4.92. The molecular weight excluding hydrogens is 374 g/mol. The van der Waals surface area contributed by atoms with E-state index in [1.54, 1.807) is 0 Å². The maximum atomic E-state index is 11.6. The largest absolute Gasteiger partial charge is 0.462 e. The summed E-state index contributed by atoms with van der Waals surface area (Å²) in [4.78, 5) is 2.62. The second-order valence-corrected chi connectivity index (χ2v) is 11.5. The van der Waals surface area contributed by atoms with Crippen LogP contribution in [0, 0.1) is 5.92 Å². The van der Waals surface area contributed by atoms with Crippen LogP contribution in [-0.2, 0) is 27.6 Å². The highest BCUT2D eigenvalue weighted by molar-refractivity contribution is 7.91. The van der Waals surface area contributed by atoms with Crippen molar-refractivity contribution in [1.82, 2.24) is 4.90 Å². The van der Waals surface area contributed by atoms with Gasteiger partial charge in [0, 0.05) is 37.5 Å². The summed E-state index contributed by atoms with van der Waals surface area (Å²) in [6.45, 7) is 2.76. The third-order valence-electron chi connectivity index (χ3n) is 7.26. The monoisotopic (exact) mass is 405 g/mol. The van der Waals surface area contributed by atoms with E-state index in [2.05, 4.69) is 23.1 Å². The standard InChI is InChI=1S/C22H31NO4S/c24-28(25)12-6-17(7-13-28)14-18-4-5-21-19(15-18)16-26-22(27-21)8-10-23(11-9-22)20-2-1-3-20/h4-5,15,17,20H,1-3,6-14,16H2. The molecule has 5 rings (SSSR count). The topological polar surface area (TPSA) is 55.8 Å². The molecule has 0 radical (unpaired) electrons. The lowest BCUT2D eigenvalue weighted by Gasteiger charge is -2.47. The number of likely N-dealkylation sites (tertiary alicyclic amines) is 1. The van der Waals surface area contributed by atoms with Gasteiger partial charge in [-0.05, 0) is 55.7 Å². The second kappa shape index (κ2) is 7.29. The summed E-state index contributed by atoms with van der Waals surface area (Å²) in [5, 5.41) is 0. The van der Waals surface area contributed by atoms with Crippen LogP contribution in [0.15, 0.2) is 18.2 Å². The summed E-state index contributed by atoms with van der Waals surface area (Å²) in [6.07, 6.45) is 8.50. The molecule has 154 valence electrons. The van der Waals surface area contributed by atoms with Gasteiger partial charge in [-0.15, -0.1) is 0 Å². The zero-order chi connectivity index (χ0) is 19.2. The van der Waals surface area contributed by atoms with E-state index in [9.17, 15) is 8.42 Å². The average Bonchev–Trinajstić information content (AvgIpc) is 2.64. The highest BCUT2D eigenvalue weighted by atomic mass is 32.2. The molecule has 3 aliphatic heterocycles. The number of hydrogen-bond acceptors (Lipinski definition) is 5. The van der Waals surface area contributed by atoms with Gasteiger partial charge >= 0.3 is 0 Å². The summed E-state index contributed by atoms with van der Waals surface area (Å²) in [5.74, 6) is 1.68. The molecular formula is C22H31NO4S. The molecule has 1 aromatic carbocycles. The number of piperidine rings is 1. The molecule has 0 unspecified atom stereocenters. The van der Waals surface area contributed by atoms with Crippen LogP contribution in [0.4, 0.5) is 0 Å². The fourth-order valence-electron chi connectivity index (χ4n) is 5.12. The summed E-state index contributed by atoms with van der Waals surface area (Å²) in [7, 11) is -2.79. The Morgan fingerprint density at radius 2 is 1.82 bits per heavy atom. The van der Waals surface area contributed by atoms with E-state index in [-0.39, 0.29) is 0 Å². The number of hydrogen-bond donors (Lipinski definition) is 0. The van der Waals surface area contributed by atoms with Gasteiger partial charge in [-0.3, -0.25) is 4.90 Å². The second-order valence-electron chi connectivity index (χ2n) is 9.16. The van der Waals surface area contributed by atoms with E-state index in [4.69, 9.17) is 9.47 Å². The van der Waals surface area contributed by atoms with Crippen LogP contribution in [-0.4, -0.2) is 49.7 Å². The van der Waals surface area contributed by atoms with E-state index >= 15 is 0 Å². The van der Waals surface area contributed by atoms with Gasteiger partial charge in [0.25, 0.3) is 0 Å². The van der Waals surface area contributed by atoms with Gasteiger partial charge in [-0.1, -0.05) is 12.5 Å². The fourth-order valence-corrected chi connectivity index (χ4v) is 6.70. The molecule has 1 aromatic rings. The van der Waals surface area contributed by atoms with Crippen LogP contribution in [0.25, 0.3) is 0 Å². The minimum atomic E-state index is -2.79. The van der Waals surface area contributed by atoms with E-state index in [0.717, 1.165) is 62.5 Å². The maximum absolute atomic E-state index is 11.6. The molecule has 4 aliphatic rings. The normalized spacial score (nSPS) is 27.7. The van der Waals surface area contributed by atoms with Crippen molar-refractivity contribution in [3.8, 4) is 5.75 Å². The Balaban J connectivity index is 1.20. The van der Waals surface area contributed by atoms with Crippen LogP contribution < -0.4 is 4.74 Å². The Hall–Kier alpha value is -1.11. The number of sulfone groups is 1. The first kappa shape index (κ1) is 18.9. The molecule has 3 fully saturated rings. The van der Waals surface area contributed by atoms with Crippen molar-refractivity contribution < 1.29 is 17.9 Å². The molecule has 2 saturated heterocycles. The fraction of sp³-hybridized carbons (Fsp3) is 0.727. The van der Waals surface area contributed by atoms with E-state index in [0.29, 0.717) is 24.0 Å². The van der Waals surface area contributed by atoms with E-state index in [1.807, 2.05) is 0 Å². The van der Waals surface area contributed by atoms with Crippen LogP contribution in [0.3, 0.4) is 0 Å². The van der Waals surface area contributed by atoms with Crippen LogP contribution >= 0.6 is 0 Å². The molecule has 0 atom stereocenters. The van der Waals surface area contributed by atoms with Crippen molar-refractivity contribution in [2.24, 2.45) is 5.92 Å². The molecule has 28 heavy (non-hydrogen) atoms. The highest BCUT2D eigenvalue weighted by Crippen LogP contribution is 2.40. The minimum Gasteiger partial charge on any atom is -0.462 e. The number of ether oxygens (including phenoxy) is 2. The lowest BCUT2D eigenvalue weighted by molar-refractivity contribution is -0.231. The summed E-state index contributed by atoms with van der Waals surface area (Å²) in [6, 6.07) is 7.26. The van der Waals surface area contributed by atoms with Crippen LogP contribution in [0.1, 0.15) is 56.1 Å². The zero-order valence-corrected chi connectivity index (χ0v) is 17.4. The Bertz CT molecular complexity index is 811. The van der Waals surface area contributed by atoms with Crippen molar-refractivity contribution in [2.45, 2.75) is 69.8 Å². The maximum Gasteiger partial charge on any atom is 0.213 e. The smallest absolute Gasteiger partial charge is 0.213 e. The summed E-state index contributed by atoms with van der Waals surface area (Å²) in [5.41, 5.74) is 2.40.